The fourth-order valence-corrected chi connectivity index (χ4v) is 2.39. The number of rotatable bonds is 2. The molecule has 0 amide bonds. The van der Waals surface area contributed by atoms with Gasteiger partial charge in [-0.2, -0.15) is 0 Å². The van der Waals surface area contributed by atoms with Crippen LogP contribution < -0.4 is 0 Å². The summed E-state index contributed by atoms with van der Waals surface area (Å²) in [6.07, 6.45) is 0.802. The highest BCUT2D eigenvalue weighted by molar-refractivity contribution is 5.36. The van der Waals surface area contributed by atoms with E-state index in [0.717, 1.165) is 26.1 Å². The third-order valence-electron chi connectivity index (χ3n) is 3.59. The SMILES string of the molecule is Cc1cc(C)c(CN2CC[C@@H](O)C2)cc1C. The third kappa shape index (κ3) is 2.45. The molecule has 1 fully saturated rings. The van der Waals surface area contributed by atoms with E-state index in [9.17, 15) is 5.11 Å². The Hall–Kier alpha value is -0.860. The normalized spacial score (nSPS) is 21.6. The van der Waals surface area contributed by atoms with Gasteiger partial charge in [0.1, 0.15) is 0 Å². The van der Waals surface area contributed by atoms with Crippen molar-refractivity contribution in [1.82, 2.24) is 4.90 Å². The molecule has 1 atom stereocenters. The molecule has 2 nitrogen and oxygen atoms in total. The van der Waals surface area contributed by atoms with E-state index in [2.05, 4.69) is 37.8 Å². The van der Waals surface area contributed by atoms with Crippen molar-refractivity contribution in [2.45, 2.75) is 39.8 Å². The van der Waals surface area contributed by atoms with Crippen LogP contribution in [0.1, 0.15) is 28.7 Å². The van der Waals surface area contributed by atoms with Crippen LogP contribution in [0, 0.1) is 20.8 Å². The van der Waals surface area contributed by atoms with Crippen molar-refractivity contribution in [3.05, 3.63) is 34.4 Å². The van der Waals surface area contributed by atoms with Gasteiger partial charge in [0.25, 0.3) is 0 Å². The number of likely N-dealkylation sites (tertiary alicyclic amines) is 1. The molecule has 1 saturated heterocycles. The molecule has 2 heteroatoms. The molecule has 88 valence electrons. The Morgan fingerprint density at radius 2 is 1.88 bits per heavy atom. The maximum Gasteiger partial charge on any atom is 0.0679 e. The summed E-state index contributed by atoms with van der Waals surface area (Å²) in [4.78, 5) is 2.34. The smallest absolute Gasteiger partial charge is 0.0679 e. The maximum atomic E-state index is 9.50. The van der Waals surface area contributed by atoms with Gasteiger partial charge in [0.15, 0.2) is 0 Å². The second-order valence-electron chi connectivity index (χ2n) is 5.04. The van der Waals surface area contributed by atoms with Crippen LogP contribution in [0.2, 0.25) is 0 Å². The summed E-state index contributed by atoms with van der Waals surface area (Å²) < 4.78 is 0. The van der Waals surface area contributed by atoms with E-state index >= 15 is 0 Å². The van der Waals surface area contributed by atoms with Crippen molar-refractivity contribution in [2.24, 2.45) is 0 Å². The number of aryl methyl sites for hydroxylation is 3. The van der Waals surface area contributed by atoms with Crippen LogP contribution in [0.4, 0.5) is 0 Å². The highest BCUT2D eigenvalue weighted by Crippen LogP contribution is 2.19. The summed E-state index contributed by atoms with van der Waals surface area (Å²) in [5.41, 5.74) is 5.49. The van der Waals surface area contributed by atoms with Gasteiger partial charge in [-0.1, -0.05) is 12.1 Å². The summed E-state index contributed by atoms with van der Waals surface area (Å²) in [5, 5.41) is 9.50. The average Bonchev–Trinajstić information content (AvgIpc) is 2.60. The van der Waals surface area contributed by atoms with Crippen molar-refractivity contribution in [3.8, 4) is 0 Å². The molecule has 1 N–H and O–H groups in total. The summed E-state index contributed by atoms with van der Waals surface area (Å²) >= 11 is 0. The second-order valence-corrected chi connectivity index (χ2v) is 5.04. The Morgan fingerprint density at radius 1 is 1.19 bits per heavy atom. The summed E-state index contributed by atoms with van der Waals surface area (Å²) in [5.74, 6) is 0. The van der Waals surface area contributed by atoms with Gasteiger partial charge < -0.3 is 5.11 Å². The van der Waals surface area contributed by atoms with E-state index in [-0.39, 0.29) is 6.10 Å². The first-order chi connectivity index (χ1) is 7.56. The minimum atomic E-state index is -0.119. The Morgan fingerprint density at radius 3 is 2.50 bits per heavy atom. The molecule has 0 aliphatic carbocycles. The molecule has 0 spiro atoms. The molecule has 0 bridgehead atoms. The van der Waals surface area contributed by atoms with Crippen molar-refractivity contribution in [2.75, 3.05) is 13.1 Å². The third-order valence-corrected chi connectivity index (χ3v) is 3.59. The van der Waals surface area contributed by atoms with Crippen molar-refractivity contribution in [1.29, 1.82) is 0 Å². The predicted molar refractivity (Wildman–Crippen MR) is 66.6 cm³/mol. The van der Waals surface area contributed by atoms with Gasteiger partial charge in [-0.25, -0.2) is 0 Å². The number of aliphatic hydroxyl groups is 1. The molecule has 0 saturated carbocycles. The predicted octanol–water partition coefficient (Wildman–Crippen LogP) is 2.18. The monoisotopic (exact) mass is 219 g/mol. The van der Waals surface area contributed by atoms with Gasteiger partial charge in [0.2, 0.25) is 0 Å². The molecule has 1 aromatic carbocycles. The molecule has 0 unspecified atom stereocenters. The Kier molecular flexibility index (Phi) is 3.31. The van der Waals surface area contributed by atoms with E-state index in [1.807, 2.05) is 0 Å². The topological polar surface area (TPSA) is 23.5 Å². The zero-order valence-electron chi connectivity index (χ0n) is 10.5. The summed E-state index contributed by atoms with van der Waals surface area (Å²) in [6, 6.07) is 4.55. The van der Waals surface area contributed by atoms with Gasteiger partial charge in [-0.15, -0.1) is 0 Å². The number of hydrogen-bond acceptors (Lipinski definition) is 2. The van der Waals surface area contributed by atoms with Crippen LogP contribution in [0.3, 0.4) is 0 Å². The molecular formula is C14H21NO. The number of β-amino-alcohol motifs (C(OH)–C–C–N with tert-alkyl or cyclic N) is 1. The first-order valence-corrected chi connectivity index (χ1v) is 6.03. The molecule has 0 radical (unpaired) electrons. The number of benzene rings is 1. The van der Waals surface area contributed by atoms with E-state index in [0.29, 0.717) is 0 Å². The molecule has 1 aliphatic heterocycles. The van der Waals surface area contributed by atoms with E-state index < -0.39 is 0 Å². The quantitative estimate of drug-likeness (QED) is 0.824. The number of aliphatic hydroxyl groups excluding tert-OH is 1. The fraction of sp³-hybridized carbons (Fsp3) is 0.571. The minimum absolute atomic E-state index is 0.119. The molecule has 1 aliphatic rings. The minimum Gasteiger partial charge on any atom is -0.392 e. The van der Waals surface area contributed by atoms with Gasteiger partial charge in [0, 0.05) is 19.6 Å². The Balaban J connectivity index is 2.12. The molecule has 1 aromatic rings. The lowest BCUT2D eigenvalue weighted by molar-refractivity contribution is 0.174. The summed E-state index contributed by atoms with van der Waals surface area (Å²) in [7, 11) is 0. The molecule has 16 heavy (non-hydrogen) atoms. The van der Waals surface area contributed by atoms with E-state index in [1.165, 1.54) is 22.3 Å². The zero-order chi connectivity index (χ0) is 11.7. The Bertz CT molecular complexity index is 387. The molecular weight excluding hydrogens is 198 g/mol. The highest BCUT2D eigenvalue weighted by atomic mass is 16.3. The van der Waals surface area contributed by atoms with Crippen molar-refractivity contribution < 1.29 is 5.11 Å². The van der Waals surface area contributed by atoms with Crippen LogP contribution in [0.5, 0.6) is 0 Å². The van der Waals surface area contributed by atoms with Crippen LogP contribution in [0.25, 0.3) is 0 Å². The van der Waals surface area contributed by atoms with Crippen molar-refractivity contribution in [3.63, 3.8) is 0 Å². The lowest BCUT2D eigenvalue weighted by Crippen LogP contribution is -2.22. The van der Waals surface area contributed by atoms with Gasteiger partial charge in [-0.05, 0) is 49.4 Å². The largest absolute Gasteiger partial charge is 0.392 e. The van der Waals surface area contributed by atoms with E-state index in [4.69, 9.17) is 0 Å². The lowest BCUT2D eigenvalue weighted by atomic mass is 10.0. The first kappa shape index (κ1) is 11.6. The van der Waals surface area contributed by atoms with Gasteiger partial charge in [0.05, 0.1) is 6.10 Å². The van der Waals surface area contributed by atoms with Crippen LogP contribution in [-0.2, 0) is 6.54 Å². The standard InChI is InChI=1S/C14H21NO/c1-10-6-12(3)13(7-11(10)2)8-15-5-4-14(16)9-15/h6-7,14,16H,4-5,8-9H2,1-3H3/t14-/m1/s1. The summed E-state index contributed by atoms with van der Waals surface area (Å²) in [6.45, 7) is 9.32. The van der Waals surface area contributed by atoms with Crippen molar-refractivity contribution >= 4 is 0 Å². The molecule has 1 heterocycles. The maximum absolute atomic E-state index is 9.50. The van der Waals surface area contributed by atoms with Gasteiger partial charge in [-0.3, -0.25) is 4.90 Å². The second kappa shape index (κ2) is 4.56. The van der Waals surface area contributed by atoms with E-state index in [1.54, 1.807) is 0 Å². The van der Waals surface area contributed by atoms with Gasteiger partial charge >= 0.3 is 0 Å². The lowest BCUT2D eigenvalue weighted by Gasteiger charge is -2.17. The first-order valence-electron chi connectivity index (χ1n) is 6.03. The van der Waals surface area contributed by atoms with Crippen LogP contribution in [0.15, 0.2) is 12.1 Å². The highest BCUT2D eigenvalue weighted by Gasteiger charge is 2.20. The van der Waals surface area contributed by atoms with Crippen LogP contribution >= 0.6 is 0 Å². The average molecular weight is 219 g/mol. The zero-order valence-corrected chi connectivity index (χ0v) is 10.5. The number of nitrogens with zero attached hydrogens (tertiary/aromatic N) is 1. The fourth-order valence-electron chi connectivity index (χ4n) is 2.39. The van der Waals surface area contributed by atoms with Crippen LogP contribution in [-0.4, -0.2) is 29.2 Å². The molecule has 0 aromatic heterocycles. The molecule has 2 rings (SSSR count). The Labute approximate surface area is 97.9 Å². The number of hydrogen-bond donors (Lipinski definition) is 1.